The second-order valence-corrected chi connectivity index (χ2v) is 2.44. The fourth-order valence-electron chi connectivity index (χ4n) is 0.697. The van der Waals surface area contributed by atoms with Gasteiger partial charge < -0.3 is 14.3 Å². The average Bonchev–Trinajstić information content (AvgIpc) is 2.05. The highest BCUT2D eigenvalue weighted by molar-refractivity contribution is 5.66. The molecule has 0 aromatic carbocycles. The summed E-state index contributed by atoms with van der Waals surface area (Å²) < 4.78 is 4.61. The van der Waals surface area contributed by atoms with Crippen molar-refractivity contribution in [3.63, 3.8) is 0 Å². The lowest BCUT2D eigenvalue weighted by molar-refractivity contribution is -0.142. The zero-order valence-corrected chi connectivity index (χ0v) is 6.99. The Morgan fingerprint density at radius 1 is 1.50 bits per heavy atom. The summed E-state index contributed by atoms with van der Waals surface area (Å²) in [7, 11) is 0. The van der Waals surface area contributed by atoms with Crippen molar-refractivity contribution in [3.05, 3.63) is 0 Å². The third kappa shape index (κ3) is 5.58. The lowest BCUT2D eigenvalue weighted by Crippen LogP contribution is -2.13. The molecule has 0 aliphatic heterocycles. The summed E-state index contributed by atoms with van der Waals surface area (Å²) in [6.45, 7) is 1.36. The van der Waals surface area contributed by atoms with Gasteiger partial charge >= 0.3 is 5.97 Å². The number of aldehydes is 2. The first-order valence-corrected chi connectivity index (χ1v) is 3.73. The molecule has 0 bridgehead atoms. The number of esters is 1. The molecular weight excluding hydrogens is 160 g/mol. The highest BCUT2D eigenvalue weighted by Gasteiger charge is 2.08. The topological polar surface area (TPSA) is 60.4 Å². The molecule has 4 heteroatoms. The molecule has 0 saturated carbocycles. The second kappa shape index (κ2) is 6.52. The van der Waals surface area contributed by atoms with E-state index in [1.54, 1.807) is 0 Å². The van der Waals surface area contributed by atoms with Gasteiger partial charge in [0.1, 0.15) is 19.2 Å². The van der Waals surface area contributed by atoms with Gasteiger partial charge in [0, 0.05) is 19.3 Å². The van der Waals surface area contributed by atoms with Crippen LogP contribution in [0.15, 0.2) is 0 Å². The molecule has 0 fully saturated rings. The van der Waals surface area contributed by atoms with Gasteiger partial charge in [0.05, 0.1) is 0 Å². The molecular formula is C8H12O4. The van der Waals surface area contributed by atoms with E-state index in [1.807, 2.05) is 0 Å². The minimum absolute atomic E-state index is 0.0761. The van der Waals surface area contributed by atoms with Gasteiger partial charge in [0.25, 0.3) is 0 Å². The summed E-state index contributed by atoms with van der Waals surface area (Å²) in [6.07, 6.45) is 2.21. The van der Waals surface area contributed by atoms with Crippen molar-refractivity contribution in [2.45, 2.75) is 19.8 Å². The van der Waals surface area contributed by atoms with E-state index in [0.29, 0.717) is 19.1 Å². The smallest absolute Gasteiger partial charge is 0.302 e. The maximum Gasteiger partial charge on any atom is 0.302 e. The Morgan fingerprint density at radius 2 is 2.17 bits per heavy atom. The van der Waals surface area contributed by atoms with Gasteiger partial charge in [-0.05, 0) is 6.42 Å². The van der Waals surface area contributed by atoms with Crippen molar-refractivity contribution < 1.29 is 19.1 Å². The van der Waals surface area contributed by atoms with E-state index in [2.05, 4.69) is 4.74 Å². The van der Waals surface area contributed by atoms with Crippen LogP contribution in [0.5, 0.6) is 0 Å². The van der Waals surface area contributed by atoms with Crippen LogP contribution in [0.1, 0.15) is 19.8 Å². The molecule has 0 rings (SSSR count). The SMILES string of the molecule is CC(=O)OCC(C=O)CCC=O. The summed E-state index contributed by atoms with van der Waals surface area (Å²) in [5.41, 5.74) is 0. The second-order valence-electron chi connectivity index (χ2n) is 2.44. The van der Waals surface area contributed by atoms with Crippen LogP contribution >= 0.6 is 0 Å². The van der Waals surface area contributed by atoms with Crippen LogP contribution < -0.4 is 0 Å². The van der Waals surface area contributed by atoms with Gasteiger partial charge in [-0.1, -0.05) is 0 Å². The molecule has 0 heterocycles. The van der Waals surface area contributed by atoms with Crippen LogP contribution in [-0.4, -0.2) is 25.1 Å². The van der Waals surface area contributed by atoms with Crippen molar-refractivity contribution in [3.8, 4) is 0 Å². The predicted octanol–water partition coefficient (Wildman–Crippen LogP) is 0.344. The van der Waals surface area contributed by atoms with Crippen molar-refractivity contribution in [1.82, 2.24) is 0 Å². The Labute approximate surface area is 70.9 Å². The van der Waals surface area contributed by atoms with Crippen LogP contribution in [0, 0.1) is 5.92 Å². The van der Waals surface area contributed by atoms with E-state index in [0.717, 1.165) is 6.29 Å². The number of ether oxygens (including phenoxy) is 1. The monoisotopic (exact) mass is 172 g/mol. The molecule has 68 valence electrons. The molecule has 1 unspecified atom stereocenters. The third-order valence-corrected chi connectivity index (χ3v) is 1.35. The minimum Gasteiger partial charge on any atom is -0.465 e. The minimum atomic E-state index is -0.409. The van der Waals surface area contributed by atoms with E-state index in [4.69, 9.17) is 0 Å². The molecule has 1 atom stereocenters. The zero-order chi connectivity index (χ0) is 9.40. The van der Waals surface area contributed by atoms with E-state index in [9.17, 15) is 14.4 Å². The predicted molar refractivity (Wildman–Crippen MR) is 41.5 cm³/mol. The van der Waals surface area contributed by atoms with Crippen LogP contribution in [0.2, 0.25) is 0 Å². The van der Waals surface area contributed by atoms with Gasteiger partial charge in [0.15, 0.2) is 0 Å². The quantitative estimate of drug-likeness (QED) is 0.428. The molecule has 0 radical (unpaired) electrons. The summed E-state index contributed by atoms with van der Waals surface area (Å²) in [4.78, 5) is 30.6. The van der Waals surface area contributed by atoms with Crippen molar-refractivity contribution in [2.24, 2.45) is 5.92 Å². The fraction of sp³-hybridized carbons (Fsp3) is 0.625. The first-order chi connectivity index (χ1) is 5.70. The van der Waals surface area contributed by atoms with E-state index in [1.165, 1.54) is 6.92 Å². The number of hydrogen-bond acceptors (Lipinski definition) is 4. The zero-order valence-electron chi connectivity index (χ0n) is 6.99. The first-order valence-electron chi connectivity index (χ1n) is 3.73. The van der Waals surface area contributed by atoms with Crippen molar-refractivity contribution in [2.75, 3.05) is 6.61 Å². The Morgan fingerprint density at radius 3 is 2.58 bits per heavy atom. The Hall–Kier alpha value is -1.19. The molecule has 12 heavy (non-hydrogen) atoms. The lowest BCUT2D eigenvalue weighted by atomic mass is 10.1. The summed E-state index contributed by atoms with van der Waals surface area (Å²) in [5.74, 6) is -0.757. The molecule has 0 N–H and O–H groups in total. The highest BCUT2D eigenvalue weighted by Crippen LogP contribution is 2.02. The molecule has 0 aliphatic rings. The van der Waals surface area contributed by atoms with E-state index in [-0.39, 0.29) is 12.5 Å². The average molecular weight is 172 g/mol. The van der Waals surface area contributed by atoms with Crippen LogP contribution in [0.4, 0.5) is 0 Å². The van der Waals surface area contributed by atoms with Gasteiger partial charge in [-0.3, -0.25) is 4.79 Å². The normalized spacial score (nSPS) is 11.8. The van der Waals surface area contributed by atoms with E-state index >= 15 is 0 Å². The number of hydrogen-bond donors (Lipinski definition) is 0. The van der Waals surface area contributed by atoms with Crippen LogP contribution in [-0.2, 0) is 19.1 Å². The largest absolute Gasteiger partial charge is 0.465 e. The summed E-state index contributed by atoms with van der Waals surface area (Å²) >= 11 is 0. The molecule has 0 amide bonds. The molecule has 0 aliphatic carbocycles. The molecule has 4 nitrogen and oxygen atoms in total. The molecule has 0 aromatic rings. The van der Waals surface area contributed by atoms with E-state index < -0.39 is 5.97 Å². The van der Waals surface area contributed by atoms with Crippen molar-refractivity contribution >= 4 is 18.5 Å². The summed E-state index contributed by atoms with van der Waals surface area (Å²) in [5, 5.41) is 0. The van der Waals surface area contributed by atoms with Gasteiger partial charge in [-0.25, -0.2) is 0 Å². The summed E-state index contributed by atoms with van der Waals surface area (Å²) in [6, 6.07) is 0. The van der Waals surface area contributed by atoms with Gasteiger partial charge in [0.2, 0.25) is 0 Å². The van der Waals surface area contributed by atoms with Gasteiger partial charge in [-0.2, -0.15) is 0 Å². The first kappa shape index (κ1) is 10.8. The van der Waals surface area contributed by atoms with Crippen LogP contribution in [0.3, 0.4) is 0 Å². The Bertz CT molecular complexity index is 164. The molecule has 0 spiro atoms. The third-order valence-electron chi connectivity index (χ3n) is 1.35. The maximum atomic E-state index is 10.3. The Balaban J connectivity index is 3.59. The van der Waals surface area contributed by atoms with Gasteiger partial charge in [-0.15, -0.1) is 0 Å². The maximum absolute atomic E-state index is 10.3. The number of carbonyl (C=O) groups excluding carboxylic acids is 3. The Kier molecular flexibility index (Phi) is 5.87. The number of carbonyl (C=O) groups is 3. The van der Waals surface area contributed by atoms with Crippen LogP contribution in [0.25, 0.3) is 0 Å². The fourth-order valence-corrected chi connectivity index (χ4v) is 0.697. The molecule has 0 aromatic heterocycles. The number of rotatable bonds is 6. The standard InChI is InChI=1S/C8H12O4/c1-7(11)12-6-8(5-10)3-2-4-9/h4-5,8H,2-3,6H2,1H3. The lowest BCUT2D eigenvalue weighted by Gasteiger charge is -2.07. The highest BCUT2D eigenvalue weighted by atomic mass is 16.5. The molecule has 0 saturated heterocycles. The van der Waals surface area contributed by atoms with Crippen molar-refractivity contribution in [1.29, 1.82) is 0 Å².